The molecule has 0 aliphatic rings. The number of aromatic carboxylic acids is 1. The molecule has 0 aliphatic heterocycles. The van der Waals surface area contributed by atoms with E-state index in [4.69, 9.17) is 4.74 Å². The minimum absolute atomic E-state index is 0.215. The van der Waals surface area contributed by atoms with Crippen LogP contribution in [0.4, 0.5) is 0 Å². The summed E-state index contributed by atoms with van der Waals surface area (Å²) in [7, 11) is 0. The van der Waals surface area contributed by atoms with E-state index in [-0.39, 0.29) is 5.56 Å². The minimum atomic E-state index is -0.969. The number of carboxylic acids is 1. The molecule has 0 saturated carbocycles. The molecule has 0 saturated heterocycles. The number of rotatable bonds is 5. The average Bonchev–Trinajstić information content (AvgIpc) is 2.73. The first-order valence-electron chi connectivity index (χ1n) is 8.60. The fourth-order valence-electron chi connectivity index (χ4n) is 2.97. The van der Waals surface area contributed by atoms with Gasteiger partial charge in [-0.1, -0.05) is 54.6 Å². The van der Waals surface area contributed by atoms with Gasteiger partial charge in [0.25, 0.3) is 0 Å². The lowest BCUT2D eigenvalue weighted by Crippen LogP contribution is -1.99. The first kappa shape index (κ1) is 16.8. The molecular formula is C23H17NO3. The summed E-state index contributed by atoms with van der Waals surface area (Å²) in [6.07, 6.45) is 1.66. The third-order valence-electron chi connectivity index (χ3n) is 4.40. The molecule has 0 spiro atoms. The van der Waals surface area contributed by atoms with Crippen LogP contribution in [0.25, 0.3) is 22.0 Å². The van der Waals surface area contributed by atoms with Gasteiger partial charge in [-0.15, -0.1) is 0 Å². The summed E-state index contributed by atoms with van der Waals surface area (Å²) >= 11 is 0. The first-order valence-corrected chi connectivity index (χ1v) is 8.60. The Morgan fingerprint density at radius 3 is 2.37 bits per heavy atom. The Morgan fingerprint density at radius 1 is 0.889 bits per heavy atom. The van der Waals surface area contributed by atoms with Crippen molar-refractivity contribution in [1.82, 2.24) is 4.98 Å². The summed E-state index contributed by atoms with van der Waals surface area (Å²) in [4.78, 5) is 15.5. The second kappa shape index (κ2) is 7.30. The quantitative estimate of drug-likeness (QED) is 0.536. The number of ether oxygens (including phenoxy) is 1. The van der Waals surface area contributed by atoms with Crippen LogP contribution in [0.5, 0.6) is 5.75 Å². The maximum atomic E-state index is 11.2. The van der Waals surface area contributed by atoms with Gasteiger partial charge >= 0.3 is 5.97 Å². The summed E-state index contributed by atoms with van der Waals surface area (Å²) in [5.74, 6) is -0.349. The Kier molecular flexibility index (Phi) is 4.54. The van der Waals surface area contributed by atoms with Crippen LogP contribution in [0.15, 0.2) is 85.1 Å². The van der Waals surface area contributed by atoms with Gasteiger partial charge in [-0.25, -0.2) is 4.79 Å². The van der Waals surface area contributed by atoms with E-state index in [9.17, 15) is 9.90 Å². The minimum Gasteiger partial charge on any atom is -0.488 e. The van der Waals surface area contributed by atoms with Crippen molar-refractivity contribution in [2.45, 2.75) is 6.61 Å². The monoisotopic (exact) mass is 355 g/mol. The number of nitrogens with zero attached hydrogens (tertiary/aromatic N) is 1. The van der Waals surface area contributed by atoms with Crippen LogP contribution in [0.1, 0.15) is 15.9 Å². The summed E-state index contributed by atoms with van der Waals surface area (Å²) in [5, 5.41) is 9.89. The van der Waals surface area contributed by atoms with Crippen molar-refractivity contribution in [2.24, 2.45) is 0 Å². The van der Waals surface area contributed by atoms with Gasteiger partial charge in [-0.05, 0) is 41.0 Å². The number of fused-ring (bicyclic) bond motifs is 1. The maximum Gasteiger partial charge on any atom is 0.335 e. The van der Waals surface area contributed by atoms with Crippen LogP contribution in [0, 0.1) is 0 Å². The van der Waals surface area contributed by atoms with Crippen LogP contribution in [0.2, 0.25) is 0 Å². The molecule has 0 fully saturated rings. The highest BCUT2D eigenvalue weighted by Crippen LogP contribution is 2.26. The number of hydrogen-bond acceptors (Lipinski definition) is 3. The Hall–Kier alpha value is -3.66. The molecule has 0 unspecified atom stereocenters. The van der Waals surface area contributed by atoms with E-state index < -0.39 is 5.97 Å². The van der Waals surface area contributed by atoms with Gasteiger partial charge in [0.05, 0.1) is 11.1 Å². The van der Waals surface area contributed by atoms with E-state index in [1.54, 1.807) is 30.5 Å². The summed E-state index contributed by atoms with van der Waals surface area (Å²) < 4.78 is 5.95. The number of carbonyl (C=O) groups is 1. The van der Waals surface area contributed by atoms with Crippen molar-refractivity contribution in [2.75, 3.05) is 0 Å². The topological polar surface area (TPSA) is 59.4 Å². The lowest BCUT2D eigenvalue weighted by Gasteiger charge is -2.10. The van der Waals surface area contributed by atoms with Crippen LogP contribution in [-0.2, 0) is 6.61 Å². The number of aromatic nitrogens is 1. The first-order chi connectivity index (χ1) is 13.2. The summed E-state index contributed by atoms with van der Waals surface area (Å²) in [5.41, 5.74) is 4.28. The fraction of sp³-hybridized carbons (Fsp3) is 0.0435. The molecule has 3 aromatic carbocycles. The van der Waals surface area contributed by atoms with Crippen LogP contribution in [0.3, 0.4) is 0 Å². The summed E-state index contributed by atoms with van der Waals surface area (Å²) in [6, 6.07) is 25.0. The molecule has 1 aromatic heterocycles. The van der Waals surface area contributed by atoms with Gasteiger partial charge in [0.2, 0.25) is 0 Å². The van der Waals surface area contributed by atoms with Crippen molar-refractivity contribution in [1.29, 1.82) is 0 Å². The van der Waals surface area contributed by atoms with Gasteiger partial charge in [0.15, 0.2) is 0 Å². The summed E-state index contributed by atoms with van der Waals surface area (Å²) in [6.45, 7) is 0.394. The van der Waals surface area contributed by atoms with E-state index in [1.165, 1.54) is 5.56 Å². The van der Waals surface area contributed by atoms with Gasteiger partial charge < -0.3 is 9.84 Å². The Labute approximate surface area is 156 Å². The standard InChI is InChI=1S/C23H17NO3/c25-23(26)19-10-11-21-20(14-19)22(12-13-24-21)27-15-16-6-8-18(9-7-16)17-4-2-1-3-5-17/h1-14H,15H2,(H,25,26). The number of benzene rings is 3. The Bertz CT molecular complexity index is 1090. The van der Waals surface area contributed by atoms with Gasteiger partial charge in [-0.3, -0.25) is 4.98 Å². The molecule has 0 amide bonds. The Morgan fingerprint density at radius 2 is 1.63 bits per heavy atom. The number of carboxylic acid groups (broad SMARTS) is 1. The van der Waals surface area contributed by atoms with Crippen molar-refractivity contribution < 1.29 is 14.6 Å². The molecule has 4 aromatic rings. The van der Waals surface area contributed by atoms with Crippen molar-refractivity contribution >= 4 is 16.9 Å². The highest BCUT2D eigenvalue weighted by molar-refractivity contribution is 5.95. The molecule has 0 radical (unpaired) electrons. The van der Waals surface area contributed by atoms with Gasteiger partial charge in [0, 0.05) is 11.6 Å². The van der Waals surface area contributed by atoms with Crippen LogP contribution >= 0.6 is 0 Å². The van der Waals surface area contributed by atoms with Crippen molar-refractivity contribution in [3.8, 4) is 16.9 Å². The third-order valence-corrected chi connectivity index (χ3v) is 4.40. The molecule has 4 nitrogen and oxygen atoms in total. The van der Waals surface area contributed by atoms with E-state index >= 15 is 0 Å². The molecule has 4 heteroatoms. The molecule has 27 heavy (non-hydrogen) atoms. The highest BCUT2D eigenvalue weighted by Gasteiger charge is 2.09. The normalized spacial score (nSPS) is 10.7. The molecule has 0 aliphatic carbocycles. The van der Waals surface area contributed by atoms with Crippen molar-refractivity contribution in [3.05, 3.63) is 96.2 Å². The predicted molar refractivity (Wildman–Crippen MR) is 105 cm³/mol. The van der Waals surface area contributed by atoms with E-state index in [0.29, 0.717) is 23.3 Å². The Balaban J connectivity index is 1.55. The largest absolute Gasteiger partial charge is 0.488 e. The molecule has 132 valence electrons. The van der Waals surface area contributed by atoms with Gasteiger partial charge in [-0.2, -0.15) is 0 Å². The predicted octanol–water partition coefficient (Wildman–Crippen LogP) is 5.18. The lowest BCUT2D eigenvalue weighted by atomic mass is 10.0. The van der Waals surface area contributed by atoms with E-state index in [2.05, 4.69) is 29.2 Å². The zero-order chi connectivity index (χ0) is 18.6. The molecule has 1 N–H and O–H groups in total. The molecule has 1 heterocycles. The SMILES string of the molecule is O=C(O)c1ccc2nccc(OCc3ccc(-c4ccccc4)cc3)c2c1. The highest BCUT2D eigenvalue weighted by atomic mass is 16.5. The zero-order valence-electron chi connectivity index (χ0n) is 14.5. The van der Waals surface area contributed by atoms with E-state index in [1.807, 2.05) is 30.3 Å². The van der Waals surface area contributed by atoms with Gasteiger partial charge in [0.1, 0.15) is 12.4 Å². The lowest BCUT2D eigenvalue weighted by molar-refractivity contribution is 0.0697. The molecule has 0 atom stereocenters. The van der Waals surface area contributed by atoms with E-state index in [0.717, 1.165) is 11.1 Å². The fourth-order valence-corrected chi connectivity index (χ4v) is 2.97. The number of pyridine rings is 1. The average molecular weight is 355 g/mol. The second-order valence-corrected chi connectivity index (χ2v) is 6.20. The van der Waals surface area contributed by atoms with Crippen molar-refractivity contribution in [3.63, 3.8) is 0 Å². The smallest absolute Gasteiger partial charge is 0.335 e. The second-order valence-electron chi connectivity index (χ2n) is 6.20. The third kappa shape index (κ3) is 3.65. The number of hydrogen-bond donors (Lipinski definition) is 1. The van der Waals surface area contributed by atoms with Crippen LogP contribution < -0.4 is 4.74 Å². The molecule has 4 rings (SSSR count). The maximum absolute atomic E-state index is 11.2. The zero-order valence-corrected chi connectivity index (χ0v) is 14.5. The molecule has 0 bridgehead atoms. The molecular weight excluding hydrogens is 338 g/mol. The van der Waals surface area contributed by atoms with Crippen LogP contribution in [-0.4, -0.2) is 16.1 Å².